The van der Waals surface area contributed by atoms with E-state index in [2.05, 4.69) is 10.5 Å². The Bertz CT molecular complexity index is 1170. The summed E-state index contributed by atoms with van der Waals surface area (Å²) >= 11 is 1.47. The normalized spacial score (nSPS) is 17.1. The molecule has 1 aromatic heterocycles. The number of carbonyl (C=O) groups excluding carboxylic acids is 2. The van der Waals surface area contributed by atoms with Gasteiger partial charge in [0, 0.05) is 18.0 Å². The van der Waals surface area contributed by atoms with Gasteiger partial charge < -0.3 is 20.4 Å². The van der Waals surface area contributed by atoms with Crippen LogP contribution in [0.1, 0.15) is 34.9 Å². The van der Waals surface area contributed by atoms with Gasteiger partial charge in [-0.15, -0.1) is 11.3 Å². The smallest absolute Gasteiger partial charge is 0.255 e. The summed E-state index contributed by atoms with van der Waals surface area (Å²) in [7, 11) is 0. The zero-order valence-electron chi connectivity index (χ0n) is 19.0. The van der Waals surface area contributed by atoms with Crippen LogP contribution in [-0.4, -0.2) is 45.7 Å². The molecule has 0 unspecified atom stereocenters. The highest BCUT2D eigenvalue weighted by Crippen LogP contribution is 2.32. The van der Waals surface area contributed by atoms with Gasteiger partial charge in [0.25, 0.3) is 11.8 Å². The van der Waals surface area contributed by atoms with E-state index in [-0.39, 0.29) is 19.1 Å². The van der Waals surface area contributed by atoms with Crippen molar-refractivity contribution in [3.05, 3.63) is 87.0 Å². The molecule has 0 aliphatic carbocycles. The minimum atomic E-state index is -1.87. The summed E-state index contributed by atoms with van der Waals surface area (Å²) in [5.74, 6) is -1.47. The minimum Gasteiger partial charge on any atom is -0.380 e. The molecule has 3 aromatic rings. The van der Waals surface area contributed by atoms with Crippen LogP contribution in [0.3, 0.4) is 0 Å². The van der Waals surface area contributed by atoms with Gasteiger partial charge in [-0.25, -0.2) is 0 Å². The number of benzene rings is 2. The number of nitrogens with zero attached hydrogens (tertiary/aromatic N) is 2. The van der Waals surface area contributed by atoms with Crippen molar-refractivity contribution >= 4 is 23.2 Å². The van der Waals surface area contributed by atoms with Gasteiger partial charge in [-0.2, -0.15) is 4.91 Å². The van der Waals surface area contributed by atoms with E-state index in [1.807, 2.05) is 66.0 Å². The highest BCUT2D eigenvalue weighted by Gasteiger charge is 2.38. The maximum atomic E-state index is 12.9. The number of nitrogens with one attached hydrogen (secondary N) is 1. The molecule has 1 aliphatic rings. The van der Waals surface area contributed by atoms with Gasteiger partial charge in [-0.1, -0.05) is 59.8 Å². The zero-order valence-corrected chi connectivity index (χ0v) is 19.9. The lowest BCUT2D eigenvalue weighted by molar-refractivity contribution is -0.153. The number of aliphatic hydroxyl groups is 2. The number of nitroso groups, excluding NO2 is 1. The van der Waals surface area contributed by atoms with Crippen LogP contribution in [0.15, 0.2) is 71.2 Å². The van der Waals surface area contributed by atoms with E-state index in [1.165, 1.54) is 16.2 Å². The monoisotopic (exact) mass is 493 g/mol. The van der Waals surface area contributed by atoms with Crippen molar-refractivity contribution in [2.75, 3.05) is 6.54 Å². The third-order valence-electron chi connectivity index (χ3n) is 6.23. The van der Waals surface area contributed by atoms with Crippen LogP contribution in [0.4, 0.5) is 0 Å². The first-order valence-electron chi connectivity index (χ1n) is 11.4. The zero-order chi connectivity index (χ0) is 24.8. The molecule has 0 saturated carbocycles. The van der Waals surface area contributed by atoms with Crippen molar-refractivity contribution in [3.8, 4) is 11.1 Å². The van der Waals surface area contributed by atoms with Gasteiger partial charge in [0.1, 0.15) is 6.54 Å². The second-order valence-corrected chi connectivity index (χ2v) is 9.45. The molecular weight excluding hydrogens is 466 g/mol. The summed E-state index contributed by atoms with van der Waals surface area (Å²) in [6, 6.07) is 18.7. The molecule has 1 fully saturated rings. The molecule has 0 bridgehead atoms. The highest BCUT2D eigenvalue weighted by atomic mass is 32.1. The number of amides is 2. The van der Waals surface area contributed by atoms with Crippen LogP contribution in [0, 0.1) is 4.91 Å². The summed E-state index contributed by atoms with van der Waals surface area (Å²) in [5.41, 5.74) is 3.62. The van der Waals surface area contributed by atoms with Gasteiger partial charge in [-0.05, 0) is 46.5 Å². The molecule has 1 aliphatic heterocycles. The summed E-state index contributed by atoms with van der Waals surface area (Å²) < 4.78 is 0. The van der Waals surface area contributed by atoms with Gasteiger partial charge in [0.2, 0.25) is 0 Å². The molecule has 2 heterocycles. The van der Waals surface area contributed by atoms with Gasteiger partial charge in [-0.3, -0.25) is 9.59 Å². The quantitative estimate of drug-likeness (QED) is 0.395. The summed E-state index contributed by atoms with van der Waals surface area (Å²) in [5, 5.41) is 28.3. The van der Waals surface area contributed by atoms with Crippen LogP contribution in [-0.2, 0) is 22.7 Å². The molecule has 1 saturated heterocycles. The molecule has 9 heteroatoms. The van der Waals surface area contributed by atoms with E-state index in [4.69, 9.17) is 0 Å². The maximum absolute atomic E-state index is 12.9. The molecule has 35 heavy (non-hydrogen) atoms. The molecule has 0 spiro atoms. The van der Waals surface area contributed by atoms with Crippen molar-refractivity contribution in [3.63, 3.8) is 0 Å². The first kappa shape index (κ1) is 24.7. The number of carbonyl (C=O) groups is 2. The van der Waals surface area contributed by atoms with Crippen molar-refractivity contribution in [1.29, 1.82) is 0 Å². The first-order valence-corrected chi connectivity index (χ1v) is 12.3. The van der Waals surface area contributed by atoms with Crippen LogP contribution in [0.2, 0.25) is 0 Å². The average molecular weight is 494 g/mol. The van der Waals surface area contributed by atoms with Crippen LogP contribution in [0.5, 0.6) is 0 Å². The van der Waals surface area contributed by atoms with Crippen molar-refractivity contribution in [2.45, 2.75) is 44.2 Å². The second kappa shape index (κ2) is 11.4. The fourth-order valence-corrected chi connectivity index (χ4v) is 5.18. The molecule has 2 aromatic carbocycles. The third kappa shape index (κ3) is 5.64. The van der Waals surface area contributed by atoms with Crippen LogP contribution >= 0.6 is 11.3 Å². The van der Waals surface area contributed by atoms with Gasteiger partial charge in [0.15, 0.2) is 12.2 Å². The van der Waals surface area contributed by atoms with Crippen LogP contribution in [0.25, 0.3) is 11.1 Å². The lowest BCUT2D eigenvalue weighted by Crippen LogP contribution is -2.50. The van der Waals surface area contributed by atoms with E-state index < -0.39 is 24.0 Å². The summed E-state index contributed by atoms with van der Waals surface area (Å²) in [6.07, 6.45) is -2.16. The molecular formula is C26H27N3O5S. The Kier molecular flexibility index (Phi) is 8.02. The molecule has 182 valence electrons. The standard InChI is InChI=1S/C26H27N3O5S/c30-23(24(31)26(33)29-13-4-7-21(29)19-5-2-1-3-6-19)25(32)27-15-17-8-10-18(11-9-17)20-12-14-35-22(20)16-28-34/h1-3,5-6,8-12,14,21,23-24,30-31H,4,7,13,15-16H2,(H,27,32)/t21-,23-,24-/m1/s1. The van der Waals surface area contributed by atoms with Crippen molar-refractivity contribution < 1.29 is 19.8 Å². The molecule has 4 rings (SSSR count). The molecule has 0 radical (unpaired) electrons. The average Bonchev–Trinajstić information content (AvgIpc) is 3.57. The SMILES string of the molecule is O=NCc1sccc1-c1ccc(CNC(=O)[C@H](O)[C@@H](O)C(=O)N2CCC[C@@H]2c2ccccc2)cc1. The van der Waals surface area contributed by atoms with Gasteiger partial charge in [0.05, 0.1) is 6.04 Å². The topological polar surface area (TPSA) is 119 Å². The van der Waals surface area contributed by atoms with E-state index >= 15 is 0 Å². The predicted octanol–water partition coefficient (Wildman–Crippen LogP) is 3.38. The summed E-state index contributed by atoms with van der Waals surface area (Å²) in [4.78, 5) is 38.4. The largest absolute Gasteiger partial charge is 0.380 e. The Balaban J connectivity index is 1.33. The third-order valence-corrected chi connectivity index (χ3v) is 7.13. The van der Waals surface area contributed by atoms with Crippen molar-refractivity contribution in [1.82, 2.24) is 10.2 Å². The minimum absolute atomic E-state index is 0.118. The number of rotatable bonds is 9. The number of thiophene rings is 1. The van der Waals surface area contributed by atoms with E-state index in [1.54, 1.807) is 0 Å². The molecule has 3 atom stereocenters. The number of aliphatic hydroxyl groups excluding tert-OH is 2. The Morgan fingerprint density at radius 3 is 2.51 bits per heavy atom. The molecule has 2 amide bonds. The Morgan fingerprint density at radius 2 is 1.80 bits per heavy atom. The Labute approximate surface area is 207 Å². The number of hydrogen-bond donors (Lipinski definition) is 3. The van der Waals surface area contributed by atoms with E-state index in [9.17, 15) is 24.7 Å². The number of likely N-dealkylation sites (tertiary alicyclic amines) is 1. The van der Waals surface area contributed by atoms with E-state index in [0.717, 1.165) is 40.0 Å². The van der Waals surface area contributed by atoms with Gasteiger partial charge >= 0.3 is 0 Å². The van der Waals surface area contributed by atoms with E-state index in [0.29, 0.717) is 6.54 Å². The highest BCUT2D eigenvalue weighted by molar-refractivity contribution is 7.10. The first-order chi connectivity index (χ1) is 17.0. The predicted molar refractivity (Wildman–Crippen MR) is 133 cm³/mol. The second-order valence-electron chi connectivity index (χ2n) is 8.45. The lowest BCUT2D eigenvalue weighted by Gasteiger charge is -2.28. The maximum Gasteiger partial charge on any atom is 0.255 e. The fourth-order valence-electron chi connectivity index (χ4n) is 4.38. The Morgan fingerprint density at radius 1 is 1.06 bits per heavy atom. The number of hydrogen-bond acceptors (Lipinski definition) is 7. The fraction of sp³-hybridized carbons (Fsp3) is 0.308. The molecule has 8 nitrogen and oxygen atoms in total. The lowest BCUT2D eigenvalue weighted by atomic mass is 10.0. The summed E-state index contributed by atoms with van der Waals surface area (Å²) in [6.45, 7) is 0.706. The van der Waals surface area contributed by atoms with Crippen molar-refractivity contribution in [2.24, 2.45) is 5.18 Å². The van der Waals surface area contributed by atoms with Crippen LogP contribution < -0.4 is 5.32 Å². The molecule has 3 N–H and O–H groups in total. The Hall–Kier alpha value is -3.40.